The number of amides is 1. The van der Waals surface area contributed by atoms with Crippen LogP contribution in [0.5, 0.6) is 5.75 Å². The van der Waals surface area contributed by atoms with Gasteiger partial charge in [-0.3, -0.25) is 4.79 Å². The van der Waals surface area contributed by atoms with E-state index in [1.54, 1.807) is 0 Å². The van der Waals surface area contributed by atoms with Crippen LogP contribution in [0.4, 0.5) is 5.69 Å². The number of ether oxygens (including phenoxy) is 2. The fourth-order valence-corrected chi connectivity index (χ4v) is 4.43. The monoisotopic (exact) mass is 419 g/mol. The minimum atomic E-state index is -3.87. The molecule has 154 valence electrons. The number of carboxylic acids is 1. The minimum Gasteiger partial charge on any atom is -0.545 e. The van der Waals surface area contributed by atoms with Crippen molar-refractivity contribution >= 4 is 27.6 Å². The molecule has 1 fully saturated rings. The first kappa shape index (κ1) is 20.8. The number of morpholine rings is 1. The lowest BCUT2D eigenvalue weighted by Crippen LogP contribution is -2.40. The molecule has 0 spiro atoms. The fraction of sp³-hybridized carbons (Fsp3) is 0.263. The van der Waals surface area contributed by atoms with E-state index in [0.29, 0.717) is 18.9 Å². The lowest BCUT2D eigenvalue weighted by Gasteiger charge is -2.26. The highest BCUT2D eigenvalue weighted by Gasteiger charge is 2.30. The quantitative estimate of drug-likeness (QED) is 0.715. The highest BCUT2D eigenvalue weighted by molar-refractivity contribution is 7.89. The minimum absolute atomic E-state index is 0.0219. The van der Waals surface area contributed by atoms with E-state index in [2.05, 4.69) is 5.32 Å². The van der Waals surface area contributed by atoms with Gasteiger partial charge in [0.2, 0.25) is 10.0 Å². The Morgan fingerprint density at radius 3 is 2.28 bits per heavy atom. The van der Waals surface area contributed by atoms with Crippen LogP contribution in [0.15, 0.2) is 47.4 Å². The Hall–Kier alpha value is -2.95. The molecule has 10 heteroatoms. The lowest BCUT2D eigenvalue weighted by atomic mass is 10.1. The maximum Gasteiger partial charge on any atom is 0.255 e. The third-order valence-corrected chi connectivity index (χ3v) is 6.31. The van der Waals surface area contributed by atoms with E-state index in [-0.39, 0.29) is 34.9 Å². The molecular weight excluding hydrogens is 400 g/mol. The van der Waals surface area contributed by atoms with Crippen LogP contribution in [0.3, 0.4) is 0 Å². The van der Waals surface area contributed by atoms with E-state index >= 15 is 0 Å². The van der Waals surface area contributed by atoms with Gasteiger partial charge in [-0.15, -0.1) is 0 Å². The normalized spacial score (nSPS) is 14.9. The van der Waals surface area contributed by atoms with Gasteiger partial charge in [0.05, 0.1) is 26.3 Å². The van der Waals surface area contributed by atoms with E-state index in [1.165, 1.54) is 53.9 Å². The number of hydrogen-bond donors (Lipinski definition) is 1. The Morgan fingerprint density at radius 1 is 1.07 bits per heavy atom. The van der Waals surface area contributed by atoms with Crippen molar-refractivity contribution in [3.63, 3.8) is 0 Å². The van der Waals surface area contributed by atoms with E-state index in [9.17, 15) is 23.1 Å². The number of carbonyl (C=O) groups is 2. The second-order valence-corrected chi connectivity index (χ2v) is 8.11. The van der Waals surface area contributed by atoms with Gasteiger partial charge < -0.3 is 24.7 Å². The summed E-state index contributed by atoms with van der Waals surface area (Å²) in [5.74, 6) is -1.74. The number of methoxy groups -OCH3 is 1. The lowest BCUT2D eigenvalue weighted by molar-refractivity contribution is -0.255. The number of aromatic carboxylic acids is 1. The number of benzene rings is 2. The van der Waals surface area contributed by atoms with Gasteiger partial charge in [-0.1, -0.05) is 12.1 Å². The molecule has 0 aliphatic carbocycles. The molecule has 0 atom stereocenters. The summed E-state index contributed by atoms with van der Waals surface area (Å²) in [5, 5.41) is 13.4. The Labute approximate surface area is 167 Å². The van der Waals surface area contributed by atoms with Crippen LogP contribution in [0.2, 0.25) is 0 Å². The van der Waals surface area contributed by atoms with Crippen LogP contribution in [0.1, 0.15) is 20.7 Å². The zero-order valence-electron chi connectivity index (χ0n) is 15.6. The smallest absolute Gasteiger partial charge is 0.255 e. The molecule has 3 rings (SSSR count). The number of anilines is 1. The highest BCUT2D eigenvalue weighted by Crippen LogP contribution is 2.28. The van der Waals surface area contributed by atoms with Gasteiger partial charge in [0.1, 0.15) is 10.6 Å². The molecule has 1 N–H and O–H groups in total. The Morgan fingerprint density at radius 2 is 1.69 bits per heavy atom. The highest BCUT2D eigenvalue weighted by atomic mass is 32.2. The van der Waals surface area contributed by atoms with Gasteiger partial charge in [0.25, 0.3) is 5.91 Å². The van der Waals surface area contributed by atoms with Crippen LogP contribution < -0.4 is 15.2 Å². The molecule has 0 unspecified atom stereocenters. The van der Waals surface area contributed by atoms with E-state index in [1.807, 2.05) is 0 Å². The van der Waals surface area contributed by atoms with Crippen LogP contribution in [0.25, 0.3) is 0 Å². The largest absolute Gasteiger partial charge is 0.545 e. The summed E-state index contributed by atoms with van der Waals surface area (Å²) in [6, 6.07) is 9.55. The van der Waals surface area contributed by atoms with Gasteiger partial charge in [-0.05, 0) is 35.9 Å². The molecule has 9 nitrogen and oxygen atoms in total. The summed E-state index contributed by atoms with van der Waals surface area (Å²) in [6.45, 7) is 1.02. The van der Waals surface area contributed by atoms with E-state index in [0.717, 1.165) is 0 Å². The molecule has 1 heterocycles. The number of carbonyl (C=O) groups excluding carboxylic acids is 2. The SMILES string of the molecule is COc1ccc(C(=O)Nc2ccc(C(=O)[O-])cc2)cc1S(=O)(=O)N1CCOCC1. The first-order valence-corrected chi connectivity index (χ1v) is 10.2. The molecule has 0 radical (unpaired) electrons. The zero-order valence-corrected chi connectivity index (χ0v) is 16.4. The second-order valence-electron chi connectivity index (χ2n) is 6.20. The maximum absolute atomic E-state index is 13.0. The van der Waals surface area contributed by atoms with Crippen LogP contribution in [0, 0.1) is 0 Å². The van der Waals surface area contributed by atoms with E-state index in [4.69, 9.17) is 9.47 Å². The summed E-state index contributed by atoms with van der Waals surface area (Å²) >= 11 is 0. The molecule has 0 bridgehead atoms. The maximum atomic E-state index is 13.0. The number of nitrogens with zero attached hydrogens (tertiary/aromatic N) is 1. The summed E-state index contributed by atoms with van der Waals surface area (Å²) < 4.78 is 37.7. The van der Waals surface area contributed by atoms with Crippen LogP contribution >= 0.6 is 0 Å². The standard InChI is InChI=1S/C19H20N2O7S/c1-27-16-7-4-14(12-17(16)29(25,26)21-8-10-28-11-9-21)18(22)20-15-5-2-13(3-6-15)19(23)24/h2-7,12H,8-11H2,1H3,(H,20,22)(H,23,24)/p-1. The van der Waals surface area contributed by atoms with Crippen molar-refractivity contribution in [2.45, 2.75) is 4.90 Å². The molecule has 1 amide bonds. The summed E-state index contributed by atoms with van der Waals surface area (Å²) in [4.78, 5) is 23.3. The zero-order chi connectivity index (χ0) is 21.0. The average molecular weight is 419 g/mol. The first-order valence-electron chi connectivity index (χ1n) is 8.71. The predicted molar refractivity (Wildman–Crippen MR) is 101 cm³/mol. The van der Waals surface area contributed by atoms with Crippen molar-refractivity contribution in [1.29, 1.82) is 0 Å². The molecule has 1 aliphatic rings. The summed E-state index contributed by atoms with van der Waals surface area (Å²) in [6.07, 6.45) is 0. The third kappa shape index (κ3) is 4.56. The number of carboxylic acid groups (broad SMARTS) is 1. The van der Waals surface area contributed by atoms with Crippen molar-refractivity contribution in [1.82, 2.24) is 4.31 Å². The Balaban J connectivity index is 1.87. The fourth-order valence-electron chi connectivity index (χ4n) is 2.84. The van der Waals surface area contributed by atoms with Crippen LogP contribution in [-0.4, -0.2) is 58.0 Å². The van der Waals surface area contributed by atoms with Crippen molar-refractivity contribution in [3.05, 3.63) is 53.6 Å². The molecule has 1 aliphatic heterocycles. The number of sulfonamides is 1. The number of nitrogens with one attached hydrogen (secondary N) is 1. The number of hydrogen-bond acceptors (Lipinski definition) is 7. The van der Waals surface area contributed by atoms with Crippen molar-refractivity contribution in [2.24, 2.45) is 0 Å². The number of rotatable bonds is 6. The van der Waals surface area contributed by atoms with Gasteiger partial charge in [-0.2, -0.15) is 4.31 Å². The van der Waals surface area contributed by atoms with Gasteiger partial charge in [-0.25, -0.2) is 8.42 Å². The van der Waals surface area contributed by atoms with Crippen molar-refractivity contribution in [2.75, 3.05) is 38.7 Å². The topological polar surface area (TPSA) is 125 Å². The Kier molecular flexibility index (Phi) is 6.16. The molecule has 0 aromatic heterocycles. The molecule has 0 saturated carbocycles. The molecule has 2 aromatic rings. The van der Waals surface area contributed by atoms with Gasteiger partial charge in [0.15, 0.2) is 0 Å². The average Bonchev–Trinajstić information content (AvgIpc) is 2.74. The predicted octanol–water partition coefficient (Wildman–Crippen LogP) is 0.332. The Bertz CT molecular complexity index is 1010. The van der Waals surface area contributed by atoms with Gasteiger partial charge in [0, 0.05) is 24.3 Å². The van der Waals surface area contributed by atoms with Crippen molar-refractivity contribution in [3.8, 4) is 5.75 Å². The van der Waals surface area contributed by atoms with Crippen molar-refractivity contribution < 1.29 is 32.6 Å². The first-order chi connectivity index (χ1) is 13.8. The summed E-state index contributed by atoms with van der Waals surface area (Å²) in [5.41, 5.74) is 0.446. The summed E-state index contributed by atoms with van der Waals surface area (Å²) in [7, 11) is -2.52. The van der Waals surface area contributed by atoms with Gasteiger partial charge >= 0.3 is 0 Å². The van der Waals surface area contributed by atoms with Crippen LogP contribution in [-0.2, 0) is 14.8 Å². The molecule has 1 saturated heterocycles. The third-order valence-electron chi connectivity index (χ3n) is 4.39. The molecule has 29 heavy (non-hydrogen) atoms. The molecule has 2 aromatic carbocycles. The molecular formula is C19H19N2O7S-. The second kappa shape index (κ2) is 8.60. The van der Waals surface area contributed by atoms with E-state index < -0.39 is 21.9 Å².